The SMILES string of the molecule is CCCOc1cc(N=Nc2ccc(N=Nc3ccccc3)cc2S(=O)(=O)O)c(C)cc1Nc1nc(NCCCNc2nc(Cc3ccc(N=Nc4ccc(N=Nc5ccccc5)cc4S(=O)(=O)O)c(C)c3)nc(Cc3cc(C)c(N=Nc4ccc(N=Nc5ccc(S(=O)(=O)O)cc5)cc4)cc3OCCCS(=O)(=O)O)n2)nc(Nc2ccc(N=Nc3ccc(N=Nc4ccc(S(=O)(=O)O)cc4)cc3)c(C)c2)n1. The number of hydrogen-bond acceptors (Lipinski definition) is 38. The lowest BCUT2D eigenvalue weighted by atomic mass is 10.0. The molecule has 0 aliphatic carbocycles. The lowest BCUT2D eigenvalue weighted by Crippen LogP contribution is -2.15. The molecule has 12 aromatic carbocycles. The van der Waals surface area contributed by atoms with Crippen LogP contribution >= 0.6 is 0 Å². The number of anilines is 6. The summed E-state index contributed by atoms with van der Waals surface area (Å²) in [5.74, 6) is 0.857. The molecule has 141 heavy (non-hydrogen) atoms. The van der Waals surface area contributed by atoms with Crippen LogP contribution in [0.1, 0.15) is 71.2 Å². The van der Waals surface area contributed by atoms with E-state index in [1.165, 1.54) is 72.8 Å². The van der Waals surface area contributed by atoms with E-state index in [4.69, 9.17) is 39.4 Å². The molecule has 9 N–H and O–H groups in total. The van der Waals surface area contributed by atoms with Crippen LogP contribution in [0.3, 0.4) is 0 Å². The van der Waals surface area contributed by atoms with Gasteiger partial charge in [0.15, 0.2) is 0 Å². The highest BCUT2D eigenvalue weighted by atomic mass is 32.2. The van der Waals surface area contributed by atoms with Gasteiger partial charge in [-0.3, -0.25) is 22.8 Å². The van der Waals surface area contributed by atoms with Crippen molar-refractivity contribution in [2.24, 2.45) is 81.8 Å². The fourth-order valence-corrected chi connectivity index (χ4v) is 15.8. The van der Waals surface area contributed by atoms with Crippen molar-refractivity contribution in [1.82, 2.24) is 29.9 Å². The lowest BCUT2D eigenvalue weighted by Gasteiger charge is -2.16. The highest BCUT2D eigenvalue weighted by Gasteiger charge is 2.23. The summed E-state index contributed by atoms with van der Waals surface area (Å²) < 4.78 is 183. The molecule has 0 saturated heterocycles. The Labute approximate surface area is 808 Å². The molecule has 0 atom stereocenters. The third-order valence-corrected chi connectivity index (χ3v) is 24.3. The monoisotopic (exact) mass is 2000 g/mol. The first-order chi connectivity index (χ1) is 67.5. The number of rotatable bonds is 42. The zero-order valence-electron chi connectivity index (χ0n) is 75.3. The molecule has 720 valence electrons. The molecule has 0 spiro atoms. The molecule has 14 aromatic rings. The van der Waals surface area contributed by atoms with Crippen LogP contribution in [0.15, 0.2) is 356 Å². The van der Waals surface area contributed by atoms with E-state index < -0.39 is 66.1 Å². The smallest absolute Gasteiger partial charge is 0.296 e. The maximum absolute atomic E-state index is 12.8. The zero-order valence-corrected chi connectivity index (χ0v) is 79.4. The Balaban J connectivity index is 0.739. The van der Waals surface area contributed by atoms with Crippen LogP contribution in [0, 0.1) is 27.7 Å². The van der Waals surface area contributed by atoms with Crippen LogP contribution in [0.25, 0.3) is 0 Å². The number of nitrogens with zero attached hydrogens (tertiary/aromatic N) is 22. The van der Waals surface area contributed by atoms with Crippen molar-refractivity contribution in [2.75, 3.05) is 53.3 Å². The third-order valence-electron chi connectivity index (χ3n) is 20.0. The quantitative estimate of drug-likeness (QED) is 0.00974. The van der Waals surface area contributed by atoms with E-state index in [-0.39, 0.29) is 125 Å². The van der Waals surface area contributed by atoms with Gasteiger partial charge in [-0.1, -0.05) is 55.5 Å². The fraction of sp³-hybridized carbons (Fsp3) is 0.161. The molecule has 0 saturated carbocycles. The molecule has 2 aromatic heterocycles. The van der Waals surface area contributed by atoms with Gasteiger partial charge in [-0.25, -0.2) is 4.98 Å². The Hall–Kier alpha value is -16.2. The summed E-state index contributed by atoms with van der Waals surface area (Å²) in [5.41, 5.74) is 9.54. The predicted molar refractivity (Wildman–Crippen MR) is 525 cm³/mol. The maximum Gasteiger partial charge on any atom is 0.296 e. The first kappa shape index (κ1) is 101. The van der Waals surface area contributed by atoms with Gasteiger partial charge in [0.05, 0.1) is 114 Å². The molecule has 43 nitrogen and oxygen atoms in total. The summed E-state index contributed by atoms with van der Waals surface area (Å²) in [5, 5.41) is 81.8. The topological polar surface area (TPSA) is 614 Å². The first-order valence-corrected chi connectivity index (χ1v) is 50.1. The van der Waals surface area contributed by atoms with E-state index in [0.29, 0.717) is 126 Å². The summed E-state index contributed by atoms with van der Waals surface area (Å²) in [6, 6.07) is 66.4. The molecule has 0 aliphatic rings. The summed E-state index contributed by atoms with van der Waals surface area (Å²) in [6.07, 6.45) is 0.972. The lowest BCUT2D eigenvalue weighted by molar-refractivity contribution is 0.313. The third kappa shape index (κ3) is 29.9. The van der Waals surface area contributed by atoms with E-state index in [1.54, 1.807) is 178 Å². The van der Waals surface area contributed by atoms with E-state index in [2.05, 4.69) is 103 Å². The molecule has 0 amide bonds. The van der Waals surface area contributed by atoms with Crippen LogP contribution in [0.4, 0.5) is 126 Å². The second-order valence-corrected chi connectivity index (χ2v) is 38.1. The Morgan fingerprint density at radius 3 is 1.14 bits per heavy atom. The van der Waals surface area contributed by atoms with Gasteiger partial charge in [-0.2, -0.15) is 139 Å². The highest BCUT2D eigenvalue weighted by molar-refractivity contribution is 7.87. The Bertz CT molecular complexity index is 7820. The molecule has 0 aliphatic heterocycles. The van der Waals surface area contributed by atoms with E-state index >= 15 is 0 Å². The largest absolute Gasteiger partial charge is 0.493 e. The molecule has 0 fully saturated rings. The van der Waals surface area contributed by atoms with Crippen LogP contribution in [-0.2, 0) is 63.4 Å². The van der Waals surface area contributed by atoms with Gasteiger partial charge in [0, 0.05) is 49.3 Å². The standard InChI is InChI=1S/C93H86N26O17S5/c1-6-45-135-85-57-82(119-117-80-42-34-74(55-87(80)141(132,133)134)113-105-65-17-11-8-12-18-65)61(5)51-83(85)97-93-102-91(101-92(103-93)96-72-32-40-78(60(4)50-72)114-110-68-24-20-66(21-25-68)106-108-70-28-35-75(36-29-70)138(123,124)125)95-44-13-43-94-90-99-88(52-62-19-39-77(58(2)48-62)115-116-79-41-33-73(54-86(79)140(129,130)131)112-104-64-15-9-7-10-16-64)98-89(100-90)53-63-49-59(3)81(56-84(63)136-46-14-47-137(120,121)122)118-111-69-26-22-67(23-27-69)107-109-71-30-37-76(38-31-71)139(126,127)128/h7-12,15-42,48-51,54-57H,6,13-14,43-47,52-53H2,1-5H3,(H,120,121,122)(H,123,124,125)(H,126,127,128)(H,129,130,131)(H,132,133,134)(H,94,98,99,100)(H3,95,96,97,101,102,103). The van der Waals surface area contributed by atoms with Crippen molar-refractivity contribution in [1.29, 1.82) is 0 Å². The van der Waals surface area contributed by atoms with Crippen molar-refractivity contribution in [3.05, 3.63) is 300 Å². The number of aryl methyl sites for hydroxylation is 4. The van der Waals surface area contributed by atoms with Gasteiger partial charge in [0.25, 0.3) is 50.6 Å². The average molecular weight is 2000 g/mol. The minimum Gasteiger partial charge on any atom is -0.493 e. The van der Waals surface area contributed by atoms with Crippen LogP contribution in [-0.4, -0.2) is 127 Å². The Kier molecular flexibility index (Phi) is 32.8. The minimum atomic E-state index is -4.86. The zero-order chi connectivity index (χ0) is 99.9. The summed E-state index contributed by atoms with van der Waals surface area (Å²) in [7, 11) is -22.9. The number of azo groups is 8. The molecule has 0 unspecified atom stereocenters. The van der Waals surface area contributed by atoms with Crippen LogP contribution in [0.5, 0.6) is 11.5 Å². The van der Waals surface area contributed by atoms with E-state index in [0.717, 1.165) is 12.1 Å². The molecule has 48 heteroatoms. The fourth-order valence-electron chi connectivity index (χ4n) is 13.0. The molecule has 0 radical (unpaired) electrons. The second kappa shape index (κ2) is 45.8. The summed E-state index contributed by atoms with van der Waals surface area (Å²) in [6.45, 7) is 9.60. The van der Waals surface area contributed by atoms with Gasteiger partial charge in [-0.15, -0.1) is 10.2 Å². The Morgan fingerprint density at radius 2 is 0.674 bits per heavy atom. The van der Waals surface area contributed by atoms with Crippen molar-refractivity contribution in [3.8, 4) is 11.5 Å². The maximum atomic E-state index is 12.8. The number of benzene rings is 12. The minimum absolute atomic E-state index is 0.00106. The molecule has 2 heterocycles. The van der Waals surface area contributed by atoms with Gasteiger partial charge < -0.3 is 30.7 Å². The molecule has 0 bridgehead atoms. The van der Waals surface area contributed by atoms with E-state index in [1.807, 2.05) is 26.0 Å². The highest BCUT2D eigenvalue weighted by Crippen LogP contribution is 2.41. The summed E-state index contributed by atoms with van der Waals surface area (Å²) >= 11 is 0. The number of hydrogen-bond donors (Lipinski definition) is 9. The normalized spacial score (nSPS) is 12.4. The average Bonchev–Trinajstić information content (AvgIpc) is 0.778. The van der Waals surface area contributed by atoms with Crippen LogP contribution < -0.4 is 30.7 Å². The van der Waals surface area contributed by atoms with Crippen molar-refractivity contribution in [3.63, 3.8) is 0 Å². The van der Waals surface area contributed by atoms with Gasteiger partial charge in [-0.05, 0) is 269 Å². The number of aromatic nitrogens is 6. The van der Waals surface area contributed by atoms with Crippen molar-refractivity contribution in [2.45, 2.75) is 86.3 Å². The first-order valence-electron chi connectivity index (χ1n) is 42.7. The van der Waals surface area contributed by atoms with Crippen molar-refractivity contribution >= 4 is 177 Å². The molecular weight excluding hydrogens is 1910 g/mol. The molecule has 14 rings (SSSR count). The van der Waals surface area contributed by atoms with Crippen molar-refractivity contribution < 1.29 is 74.3 Å². The molecular formula is C93H86N26O17S5. The second-order valence-electron chi connectivity index (χ2n) is 30.9. The number of ether oxygens (including phenoxy) is 2. The predicted octanol–water partition coefficient (Wildman–Crippen LogP) is 24.6. The van der Waals surface area contributed by atoms with Gasteiger partial charge in [0.2, 0.25) is 23.8 Å². The van der Waals surface area contributed by atoms with E-state index in [9.17, 15) is 64.9 Å². The Morgan fingerprint density at radius 1 is 0.305 bits per heavy atom. The van der Waals surface area contributed by atoms with Gasteiger partial charge in [0.1, 0.15) is 44.3 Å². The number of nitrogens with one attached hydrogen (secondary N) is 4. The van der Waals surface area contributed by atoms with Gasteiger partial charge >= 0.3 is 0 Å². The van der Waals surface area contributed by atoms with Crippen LogP contribution in [0.2, 0.25) is 0 Å². The summed E-state index contributed by atoms with van der Waals surface area (Å²) in [4.78, 5) is 27.5.